The zero-order chi connectivity index (χ0) is 24.0. The van der Waals surface area contributed by atoms with Crippen LogP contribution in [0.15, 0.2) is 34.9 Å². The molecule has 10 nitrogen and oxygen atoms in total. The maximum Gasteiger partial charge on any atom is 0.440 e. The van der Waals surface area contributed by atoms with E-state index in [1.165, 1.54) is 39.0 Å². The van der Waals surface area contributed by atoms with E-state index in [0.29, 0.717) is 0 Å². The van der Waals surface area contributed by atoms with E-state index in [-0.39, 0.29) is 43.1 Å². The average molecular weight is 444 g/mol. The summed E-state index contributed by atoms with van der Waals surface area (Å²) in [4.78, 5) is 36.8. The van der Waals surface area contributed by atoms with Gasteiger partial charge in [0.15, 0.2) is 0 Å². The number of ether oxygens (including phenoxy) is 5. The van der Waals surface area contributed by atoms with Crippen LogP contribution in [-0.4, -0.2) is 66.8 Å². The third-order valence-electron chi connectivity index (χ3n) is 3.99. The molecule has 31 heavy (non-hydrogen) atoms. The van der Waals surface area contributed by atoms with E-state index in [4.69, 9.17) is 28.8 Å². The van der Waals surface area contributed by atoms with Crippen molar-refractivity contribution in [2.75, 3.05) is 26.4 Å². The predicted molar refractivity (Wildman–Crippen MR) is 109 cm³/mol. The van der Waals surface area contributed by atoms with Gasteiger partial charge in [-0.1, -0.05) is 18.2 Å². The fraction of sp³-hybridized carbons (Fsp3) is 0.571. The molecule has 10 heteroatoms. The molecule has 0 aromatic carbocycles. The summed E-state index contributed by atoms with van der Waals surface area (Å²) in [5, 5.41) is 19.7. The lowest BCUT2D eigenvalue weighted by molar-refractivity contribution is -0.403. The predicted octanol–water partition coefficient (Wildman–Crippen LogP) is 1.51. The Kier molecular flexibility index (Phi) is 13.3. The SMILES string of the molecule is C/C=C(\C)C(=O)OC(OCCOCCO)C(O)(OC(=O)/C(C)=C/C)OC(=O)/C(C)=C/C. The number of carbonyl (C=O) groups excluding carboxylic acids is 3. The smallest absolute Gasteiger partial charge is 0.421 e. The summed E-state index contributed by atoms with van der Waals surface area (Å²) >= 11 is 0. The van der Waals surface area contributed by atoms with Gasteiger partial charge in [0.25, 0.3) is 0 Å². The Hall–Kier alpha value is -2.53. The molecule has 0 aliphatic carbocycles. The van der Waals surface area contributed by atoms with Gasteiger partial charge in [-0.2, -0.15) is 0 Å². The van der Waals surface area contributed by atoms with Crippen LogP contribution in [0.4, 0.5) is 0 Å². The van der Waals surface area contributed by atoms with Crippen molar-refractivity contribution in [2.45, 2.75) is 53.8 Å². The third-order valence-corrected chi connectivity index (χ3v) is 3.99. The molecule has 0 aliphatic heterocycles. The number of aliphatic hydroxyl groups is 2. The lowest BCUT2D eigenvalue weighted by Gasteiger charge is -2.33. The molecule has 0 aromatic heterocycles. The minimum atomic E-state index is -3.09. The Morgan fingerprint density at radius 1 is 0.806 bits per heavy atom. The number of allylic oxidation sites excluding steroid dienone is 3. The molecule has 0 aromatic rings. The number of hydrogen-bond acceptors (Lipinski definition) is 10. The average Bonchev–Trinajstić information content (AvgIpc) is 2.75. The van der Waals surface area contributed by atoms with E-state index < -0.39 is 30.2 Å². The maximum absolute atomic E-state index is 12.3. The number of aliphatic hydroxyl groups excluding tert-OH is 1. The Bertz CT molecular complexity index is 673. The van der Waals surface area contributed by atoms with Crippen LogP contribution in [0.5, 0.6) is 0 Å². The maximum atomic E-state index is 12.3. The fourth-order valence-electron chi connectivity index (χ4n) is 1.68. The van der Waals surface area contributed by atoms with E-state index in [2.05, 4.69) is 0 Å². The van der Waals surface area contributed by atoms with Gasteiger partial charge < -0.3 is 33.9 Å². The summed E-state index contributed by atoms with van der Waals surface area (Å²) in [6.45, 7) is 8.49. The molecule has 0 spiro atoms. The second-order valence-corrected chi connectivity index (χ2v) is 6.27. The quantitative estimate of drug-likeness (QED) is 0.186. The number of hydrogen-bond donors (Lipinski definition) is 2. The summed E-state index contributed by atoms with van der Waals surface area (Å²) in [6, 6.07) is 0. The van der Waals surface area contributed by atoms with Crippen molar-refractivity contribution < 1.29 is 48.3 Å². The molecule has 0 saturated heterocycles. The van der Waals surface area contributed by atoms with Crippen LogP contribution in [0, 0.1) is 0 Å². The number of rotatable bonds is 13. The van der Waals surface area contributed by atoms with Gasteiger partial charge in [-0.3, -0.25) is 0 Å². The minimum Gasteiger partial charge on any atom is -0.421 e. The van der Waals surface area contributed by atoms with Gasteiger partial charge in [0.2, 0.25) is 0 Å². The monoisotopic (exact) mass is 444 g/mol. The first-order valence-electron chi connectivity index (χ1n) is 9.65. The number of esters is 3. The van der Waals surface area contributed by atoms with E-state index >= 15 is 0 Å². The van der Waals surface area contributed by atoms with Crippen LogP contribution in [-0.2, 0) is 38.1 Å². The molecule has 0 saturated carbocycles. The van der Waals surface area contributed by atoms with Gasteiger partial charge >= 0.3 is 30.2 Å². The second kappa shape index (κ2) is 14.5. The molecule has 0 amide bonds. The van der Waals surface area contributed by atoms with Crippen LogP contribution in [0.1, 0.15) is 41.5 Å². The van der Waals surface area contributed by atoms with Crippen molar-refractivity contribution in [3.05, 3.63) is 34.9 Å². The molecule has 0 bridgehead atoms. The highest BCUT2D eigenvalue weighted by molar-refractivity contribution is 5.90. The topological polar surface area (TPSA) is 138 Å². The van der Waals surface area contributed by atoms with E-state index in [9.17, 15) is 19.5 Å². The standard InChI is InChI=1S/C21H32O10/c1-7-14(4)17(23)29-20(28-13-12-27-11-10-22)21(26,30-18(24)15(5)8-2)31-19(25)16(6)9-3/h7-9,20,22,26H,10-13H2,1-6H3/b14-7+,15-8+,16-9+. The molecule has 2 N–H and O–H groups in total. The van der Waals surface area contributed by atoms with Crippen molar-refractivity contribution in [1.29, 1.82) is 0 Å². The molecule has 0 radical (unpaired) electrons. The summed E-state index contributed by atoms with van der Waals surface area (Å²) in [6.07, 6.45) is 2.25. The Balaban J connectivity index is 5.96. The summed E-state index contributed by atoms with van der Waals surface area (Å²) < 4.78 is 25.5. The highest BCUT2D eigenvalue weighted by atomic mass is 16.9. The van der Waals surface area contributed by atoms with Crippen LogP contribution >= 0.6 is 0 Å². The van der Waals surface area contributed by atoms with E-state index in [1.54, 1.807) is 20.8 Å². The van der Waals surface area contributed by atoms with Crippen molar-refractivity contribution in [1.82, 2.24) is 0 Å². The molecule has 0 rings (SSSR count). The van der Waals surface area contributed by atoms with Crippen LogP contribution in [0.3, 0.4) is 0 Å². The molecule has 1 atom stereocenters. The van der Waals surface area contributed by atoms with Gasteiger partial charge in [0, 0.05) is 16.7 Å². The van der Waals surface area contributed by atoms with Crippen LogP contribution in [0.25, 0.3) is 0 Å². The summed E-state index contributed by atoms with van der Waals surface area (Å²) in [5.74, 6) is -6.05. The van der Waals surface area contributed by atoms with Crippen molar-refractivity contribution in [3.8, 4) is 0 Å². The Morgan fingerprint density at radius 3 is 1.68 bits per heavy atom. The summed E-state index contributed by atoms with van der Waals surface area (Å²) in [5.41, 5.74) is 0.357. The molecular weight excluding hydrogens is 412 g/mol. The first-order chi connectivity index (χ1) is 14.6. The Labute approximate surface area is 182 Å². The second-order valence-electron chi connectivity index (χ2n) is 6.27. The molecule has 0 heterocycles. The van der Waals surface area contributed by atoms with Crippen molar-refractivity contribution in [3.63, 3.8) is 0 Å². The molecular formula is C21H32O10. The summed E-state index contributed by atoms with van der Waals surface area (Å²) in [7, 11) is 0. The lowest BCUT2D eigenvalue weighted by Crippen LogP contribution is -2.53. The van der Waals surface area contributed by atoms with Crippen molar-refractivity contribution in [2.24, 2.45) is 0 Å². The van der Waals surface area contributed by atoms with Crippen LogP contribution < -0.4 is 0 Å². The first kappa shape index (κ1) is 28.5. The van der Waals surface area contributed by atoms with Gasteiger partial charge in [-0.05, 0) is 41.5 Å². The molecule has 176 valence electrons. The van der Waals surface area contributed by atoms with E-state index in [1.807, 2.05) is 0 Å². The van der Waals surface area contributed by atoms with Gasteiger partial charge in [-0.25, -0.2) is 14.4 Å². The lowest BCUT2D eigenvalue weighted by atomic mass is 10.3. The molecule has 0 aliphatic rings. The van der Waals surface area contributed by atoms with E-state index in [0.717, 1.165) is 0 Å². The van der Waals surface area contributed by atoms with Gasteiger partial charge in [0.05, 0.1) is 26.4 Å². The normalized spacial score (nSPS) is 14.1. The largest absolute Gasteiger partial charge is 0.440 e. The Morgan fingerprint density at radius 2 is 1.26 bits per heavy atom. The first-order valence-corrected chi connectivity index (χ1v) is 9.65. The highest BCUT2D eigenvalue weighted by Gasteiger charge is 2.50. The minimum absolute atomic E-state index is 0.0285. The molecule has 1 unspecified atom stereocenters. The zero-order valence-electron chi connectivity index (χ0n) is 18.8. The van der Waals surface area contributed by atoms with Gasteiger partial charge in [0.1, 0.15) is 0 Å². The third kappa shape index (κ3) is 9.88. The van der Waals surface area contributed by atoms with Crippen LogP contribution in [0.2, 0.25) is 0 Å². The molecule has 0 fully saturated rings. The van der Waals surface area contributed by atoms with Crippen molar-refractivity contribution >= 4 is 17.9 Å². The zero-order valence-corrected chi connectivity index (χ0v) is 18.8. The highest BCUT2D eigenvalue weighted by Crippen LogP contribution is 2.24. The number of carbonyl (C=O) groups is 3. The van der Waals surface area contributed by atoms with Gasteiger partial charge in [-0.15, -0.1) is 0 Å². The fourth-order valence-corrected chi connectivity index (χ4v) is 1.68.